The molecule has 0 bridgehead atoms. The summed E-state index contributed by atoms with van der Waals surface area (Å²) in [6.07, 6.45) is 1.85. The third-order valence-corrected chi connectivity index (χ3v) is 1.94. The highest BCUT2D eigenvalue weighted by Crippen LogP contribution is 2.13. The van der Waals surface area contributed by atoms with Crippen LogP contribution in [0.5, 0.6) is 0 Å². The van der Waals surface area contributed by atoms with Gasteiger partial charge in [0, 0.05) is 17.1 Å². The number of aromatic nitrogens is 1. The first-order valence-electron chi connectivity index (χ1n) is 4.00. The molecule has 1 radical (unpaired) electrons. The molecule has 65 valence electrons. The lowest BCUT2D eigenvalue weighted by molar-refractivity contribution is -0.118. The highest BCUT2D eigenvalue weighted by Gasteiger charge is 2.01. The molecule has 0 spiro atoms. The lowest BCUT2D eigenvalue weighted by Gasteiger charge is -2.00. The van der Waals surface area contributed by atoms with Crippen molar-refractivity contribution in [3.63, 3.8) is 0 Å². The van der Waals surface area contributed by atoms with Gasteiger partial charge in [-0.25, -0.2) is 0 Å². The molecule has 1 amide bonds. The van der Waals surface area contributed by atoms with Crippen molar-refractivity contribution in [2.24, 2.45) is 5.73 Å². The number of rotatable bonds is 2. The van der Waals surface area contributed by atoms with E-state index in [2.05, 4.69) is 6.07 Å². The third-order valence-electron chi connectivity index (χ3n) is 1.94. The van der Waals surface area contributed by atoms with Crippen LogP contribution >= 0.6 is 0 Å². The minimum Gasteiger partial charge on any atom is -0.368 e. The van der Waals surface area contributed by atoms with Gasteiger partial charge in [-0.05, 0) is 24.3 Å². The number of carbonyl (C=O) groups excluding carboxylic acids is 1. The number of hydrogen-bond donors (Lipinski definition) is 1. The standard InChI is InChI=1S/C10H9N2O/c11-10(13)7-12-6-5-8-3-1-2-4-9(8)12/h2-6H,7H2,(H2,11,13). The molecule has 0 aliphatic rings. The fraction of sp³-hybridized carbons (Fsp3) is 0.100. The largest absolute Gasteiger partial charge is 0.368 e. The molecule has 0 saturated heterocycles. The van der Waals surface area contributed by atoms with E-state index in [0.717, 1.165) is 10.9 Å². The monoisotopic (exact) mass is 173 g/mol. The van der Waals surface area contributed by atoms with Crippen molar-refractivity contribution in [2.45, 2.75) is 6.54 Å². The summed E-state index contributed by atoms with van der Waals surface area (Å²) in [5.41, 5.74) is 6.12. The summed E-state index contributed by atoms with van der Waals surface area (Å²) >= 11 is 0. The van der Waals surface area contributed by atoms with Crippen molar-refractivity contribution in [1.29, 1.82) is 0 Å². The Hall–Kier alpha value is -1.77. The number of fused-ring (bicyclic) bond motifs is 1. The van der Waals surface area contributed by atoms with E-state index in [1.54, 1.807) is 0 Å². The summed E-state index contributed by atoms with van der Waals surface area (Å²) in [7, 11) is 0. The molecule has 2 rings (SSSR count). The Morgan fingerprint density at radius 3 is 3.15 bits per heavy atom. The molecule has 2 aromatic rings. The van der Waals surface area contributed by atoms with Crippen LogP contribution in [0.4, 0.5) is 0 Å². The first kappa shape index (κ1) is 7.86. The van der Waals surface area contributed by atoms with E-state index in [1.807, 2.05) is 35.0 Å². The van der Waals surface area contributed by atoms with Crippen molar-refractivity contribution < 1.29 is 4.79 Å². The van der Waals surface area contributed by atoms with Crippen molar-refractivity contribution in [2.75, 3.05) is 0 Å². The first-order valence-corrected chi connectivity index (χ1v) is 4.00. The number of nitrogens with two attached hydrogens (primary N) is 1. The maximum atomic E-state index is 10.7. The fourth-order valence-electron chi connectivity index (χ4n) is 1.39. The topological polar surface area (TPSA) is 48.0 Å². The number of primary amides is 1. The van der Waals surface area contributed by atoms with E-state index < -0.39 is 0 Å². The summed E-state index contributed by atoms with van der Waals surface area (Å²) in [6, 6.07) is 10.5. The van der Waals surface area contributed by atoms with Gasteiger partial charge in [-0.15, -0.1) is 0 Å². The summed E-state index contributed by atoms with van der Waals surface area (Å²) in [6.45, 7) is 0.230. The molecule has 13 heavy (non-hydrogen) atoms. The predicted molar refractivity (Wildman–Crippen MR) is 50.0 cm³/mol. The second-order valence-electron chi connectivity index (χ2n) is 2.89. The molecule has 0 atom stereocenters. The van der Waals surface area contributed by atoms with Gasteiger partial charge in [0.1, 0.15) is 6.54 Å². The van der Waals surface area contributed by atoms with Crippen molar-refractivity contribution in [3.05, 3.63) is 36.5 Å². The SMILES string of the molecule is NC(=O)Cn1ccc2c[c]ccc21. The van der Waals surface area contributed by atoms with Gasteiger partial charge in [-0.2, -0.15) is 0 Å². The Balaban J connectivity index is 2.51. The van der Waals surface area contributed by atoms with Gasteiger partial charge in [0.2, 0.25) is 5.91 Å². The predicted octanol–water partition coefficient (Wildman–Crippen LogP) is 0.927. The molecule has 2 N–H and O–H groups in total. The third kappa shape index (κ3) is 1.40. The van der Waals surface area contributed by atoms with E-state index >= 15 is 0 Å². The lowest BCUT2D eigenvalue weighted by Crippen LogP contribution is -2.17. The maximum absolute atomic E-state index is 10.7. The van der Waals surface area contributed by atoms with E-state index in [4.69, 9.17) is 5.73 Å². The zero-order chi connectivity index (χ0) is 9.26. The van der Waals surface area contributed by atoms with Crippen molar-refractivity contribution >= 4 is 16.8 Å². The number of benzene rings is 1. The molecule has 3 nitrogen and oxygen atoms in total. The quantitative estimate of drug-likeness (QED) is 0.721. The van der Waals surface area contributed by atoms with Crippen molar-refractivity contribution in [1.82, 2.24) is 4.57 Å². The van der Waals surface area contributed by atoms with Crippen molar-refractivity contribution in [3.8, 4) is 0 Å². The average molecular weight is 173 g/mol. The van der Waals surface area contributed by atoms with Crippen LogP contribution in [-0.2, 0) is 11.3 Å². The highest BCUT2D eigenvalue weighted by molar-refractivity contribution is 5.82. The highest BCUT2D eigenvalue weighted by atomic mass is 16.1. The molecule has 0 unspecified atom stereocenters. The van der Waals surface area contributed by atoms with E-state index in [1.165, 1.54) is 0 Å². The molecule has 0 saturated carbocycles. The summed E-state index contributed by atoms with van der Waals surface area (Å²) in [5, 5.41) is 1.07. The van der Waals surface area contributed by atoms with Crippen LogP contribution in [0, 0.1) is 6.07 Å². The van der Waals surface area contributed by atoms with Crippen LogP contribution in [0.2, 0.25) is 0 Å². The fourth-order valence-corrected chi connectivity index (χ4v) is 1.39. The molecule has 3 heteroatoms. The van der Waals surface area contributed by atoms with Gasteiger partial charge < -0.3 is 10.3 Å². The maximum Gasteiger partial charge on any atom is 0.237 e. The zero-order valence-electron chi connectivity index (χ0n) is 7.03. The summed E-state index contributed by atoms with van der Waals surface area (Å²) in [5.74, 6) is -0.328. The van der Waals surface area contributed by atoms with Gasteiger partial charge in [0.15, 0.2) is 0 Å². The van der Waals surface area contributed by atoms with Gasteiger partial charge in [-0.1, -0.05) is 6.07 Å². The van der Waals surface area contributed by atoms with Crippen LogP contribution in [0.3, 0.4) is 0 Å². The van der Waals surface area contributed by atoms with Crippen LogP contribution < -0.4 is 5.73 Å². The van der Waals surface area contributed by atoms with Gasteiger partial charge in [0.25, 0.3) is 0 Å². The lowest BCUT2D eigenvalue weighted by atomic mass is 10.2. The zero-order valence-corrected chi connectivity index (χ0v) is 7.03. The molecular formula is C10H9N2O. The van der Waals surface area contributed by atoms with Crippen LogP contribution in [-0.4, -0.2) is 10.5 Å². The number of amides is 1. The molecule has 0 fully saturated rings. The smallest absolute Gasteiger partial charge is 0.237 e. The molecule has 1 heterocycles. The first-order chi connectivity index (χ1) is 6.27. The minimum atomic E-state index is -0.328. The second kappa shape index (κ2) is 2.94. The van der Waals surface area contributed by atoms with E-state index in [0.29, 0.717) is 0 Å². The minimum absolute atomic E-state index is 0.230. The number of carbonyl (C=O) groups is 1. The molecule has 0 aliphatic heterocycles. The summed E-state index contributed by atoms with van der Waals surface area (Å²) in [4.78, 5) is 10.7. The summed E-state index contributed by atoms with van der Waals surface area (Å²) < 4.78 is 1.82. The molecular weight excluding hydrogens is 164 g/mol. The van der Waals surface area contributed by atoms with Crippen LogP contribution in [0.1, 0.15) is 0 Å². The Kier molecular flexibility index (Phi) is 1.77. The Morgan fingerprint density at radius 2 is 2.38 bits per heavy atom. The Bertz CT molecular complexity index is 445. The molecule has 1 aromatic heterocycles. The molecule has 1 aromatic carbocycles. The second-order valence-corrected chi connectivity index (χ2v) is 2.89. The number of hydrogen-bond acceptors (Lipinski definition) is 1. The Morgan fingerprint density at radius 1 is 1.54 bits per heavy atom. The van der Waals surface area contributed by atoms with Crippen LogP contribution in [0.25, 0.3) is 10.9 Å². The van der Waals surface area contributed by atoms with E-state index in [9.17, 15) is 4.79 Å². The van der Waals surface area contributed by atoms with E-state index in [-0.39, 0.29) is 12.5 Å². The number of nitrogens with zero attached hydrogens (tertiary/aromatic N) is 1. The van der Waals surface area contributed by atoms with Gasteiger partial charge in [0.05, 0.1) is 0 Å². The Labute approximate surface area is 75.8 Å². The molecule has 0 aliphatic carbocycles. The van der Waals surface area contributed by atoms with Gasteiger partial charge in [-0.3, -0.25) is 4.79 Å². The van der Waals surface area contributed by atoms with Gasteiger partial charge >= 0.3 is 0 Å². The normalized spacial score (nSPS) is 10.5. The average Bonchev–Trinajstić information content (AvgIpc) is 2.48. The van der Waals surface area contributed by atoms with Crippen LogP contribution in [0.15, 0.2) is 30.5 Å².